The third-order valence-corrected chi connectivity index (χ3v) is 1.29. The largest absolute Gasteiger partial charge is 0.465 e. The van der Waals surface area contributed by atoms with E-state index in [1.165, 1.54) is 12.3 Å². The monoisotopic (exact) mass is 141 g/mol. The minimum atomic E-state index is -1.01. The molecule has 0 aliphatic carbocycles. The van der Waals surface area contributed by atoms with Crippen LogP contribution in [0.3, 0.4) is 0 Å². The number of amides is 1. The first-order valence-corrected chi connectivity index (χ1v) is 2.91. The SMILES string of the molecule is O=C1C=CN(C(=O)O)CC1. The van der Waals surface area contributed by atoms with Gasteiger partial charge in [-0.15, -0.1) is 0 Å². The third kappa shape index (κ3) is 1.34. The van der Waals surface area contributed by atoms with Gasteiger partial charge in [-0.2, -0.15) is 0 Å². The van der Waals surface area contributed by atoms with Gasteiger partial charge >= 0.3 is 6.09 Å². The van der Waals surface area contributed by atoms with Gasteiger partial charge in [0.15, 0.2) is 5.78 Å². The maximum atomic E-state index is 10.5. The van der Waals surface area contributed by atoms with Crippen LogP contribution in [-0.2, 0) is 4.79 Å². The highest BCUT2D eigenvalue weighted by Crippen LogP contribution is 2.01. The molecule has 0 saturated carbocycles. The molecule has 1 heterocycles. The van der Waals surface area contributed by atoms with Crippen LogP contribution in [0.25, 0.3) is 0 Å². The summed E-state index contributed by atoms with van der Waals surface area (Å²) >= 11 is 0. The van der Waals surface area contributed by atoms with E-state index in [0.717, 1.165) is 4.90 Å². The minimum absolute atomic E-state index is 0.0162. The van der Waals surface area contributed by atoms with Crippen molar-refractivity contribution in [1.82, 2.24) is 4.90 Å². The molecule has 0 fully saturated rings. The van der Waals surface area contributed by atoms with Gasteiger partial charge in [-0.1, -0.05) is 0 Å². The van der Waals surface area contributed by atoms with E-state index >= 15 is 0 Å². The van der Waals surface area contributed by atoms with Crippen LogP contribution in [0, 0.1) is 0 Å². The van der Waals surface area contributed by atoms with Crippen molar-refractivity contribution in [3.05, 3.63) is 12.3 Å². The Labute approximate surface area is 57.7 Å². The Morgan fingerprint density at radius 1 is 1.70 bits per heavy atom. The van der Waals surface area contributed by atoms with Crippen LogP contribution in [0.15, 0.2) is 12.3 Å². The molecule has 0 radical (unpaired) electrons. The van der Waals surface area contributed by atoms with E-state index in [4.69, 9.17) is 5.11 Å². The van der Waals surface area contributed by atoms with Crippen LogP contribution in [0.1, 0.15) is 6.42 Å². The van der Waals surface area contributed by atoms with E-state index in [1.54, 1.807) is 0 Å². The number of hydrogen-bond donors (Lipinski definition) is 1. The summed E-state index contributed by atoms with van der Waals surface area (Å²) in [6.45, 7) is 0.282. The molecular weight excluding hydrogens is 134 g/mol. The summed E-state index contributed by atoms with van der Waals surface area (Å²) in [5.74, 6) is -0.0162. The molecule has 0 atom stereocenters. The third-order valence-electron chi connectivity index (χ3n) is 1.29. The second kappa shape index (κ2) is 2.51. The molecule has 1 rings (SSSR count). The van der Waals surface area contributed by atoms with Crippen LogP contribution in [-0.4, -0.2) is 28.4 Å². The second-order valence-electron chi connectivity index (χ2n) is 2.01. The Kier molecular flexibility index (Phi) is 1.71. The Bertz CT molecular complexity index is 197. The van der Waals surface area contributed by atoms with Crippen LogP contribution in [0.4, 0.5) is 4.79 Å². The highest BCUT2D eigenvalue weighted by molar-refractivity contribution is 5.91. The molecule has 0 saturated heterocycles. The zero-order chi connectivity index (χ0) is 7.56. The predicted octanol–water partition coefficient (Wildman–Crippen LogP) is 0.453. The van der Waals surface area contributed by atoms with Crippen molar-refractivity contribution in [3.63, 3.8) is 0 Å². The van der Waals surface area contributed by atoms with Crippen LogP contribution in [0.2, 0.25) is 0 Å². The van der Waals surface area contributed by atoms with E-state index in [2.05, 4.69) is 0 Å². The fourth-order valence-electron chi connectivity index (χ4n) is 0.721. The molecule has 1 amide bonds. The lowest BCUT2D eigenvalue weighted by Crippen LogP contribution is -2.29. The van der Waals surface area contributed by atoms with Crippen molar-refractivity contribution >= 4 is 11.9 Å². The number of rotatable bonds is 0. The van der Waals surface area contributed by atoms with E-state index < -0.39 is 6.09 Å². The van der Waals surface area contributed by atoms with Gasteiger partial charge in [-0.25, -0.2) is 4.79 Å². The molecule has 4 heteroatoms. The van der Waals surface area contributed by atoms with Gasteiger partial charge in [-0.3, -0.25) is 9.69 Å². The van der Waals surface area contributed by atoms with Crippen molar-refractivity contribution in [1.29, 1.82) is 0 Å². The number of carboxylic acid groups (broad SMARTS) is 1. The lowest BCUT2D eigenvalue weighted by Gasteiger charge is -2.16. The standard InChI is InChI=1S/C6H7NO3/c8-5-1-3-7(4-2-5)6(9)10/h1,3H,2,4H2,(H,9,10). The summed E-state index contributed by atoms with van der Waals surface area (Å²) in [6, 6.07) is 0. The summed E-state index contributed by atoms with van der Waals surface area (Å²) in [7, 11) is 0. The van der Waals surface area contributed by atoms with Gasteiger partial charge < -0.3 is 5.11 Å². The smallest absolute Gasteiger partial charge is 0.411 e. The zero-order valence-corrected chi connectivity index (χ0v) is 5.28. The second-order valence-corrected chi connectivity index (χ2v) is 2.01. The molecule has 0 aromatic rings. The van der Waals surface area contributed by atoms with Crippen LogP contribution >= 0.6 is 0 Å². The fraction of sp³-hybridized carbons (Fsp3) is 0.333. The predicted molar refractivity (Wildman–Crippen MR) is 33.5 cm³/mol. The first-order valence-electron chi connectivity index (χ1n) is 2.91. The molecule has 0 bridgehead atoms. The van der Waals surface area contributed by atoms with Crippen LogP contribution < -0.4 is 0 Å². The maximum Gasteiger partial charge on any atom is 0.411 e. The van der Waals surface area contributed by atoms with Crippen molar-refractivity contribution in [2.75, 3.05) is 6.54 Å². The number of carbonyl (C=O) groups excluding carboxylic acids is 1. The highest BCUT2D eigenvalue weighted by atomic mass is 16.4. The molecule has 1 aliphatic rings. The summed E-state index contributed by atoms with van der Waals surface area (Å²) in [6.07, 6.45) is 1.85. The first-order chi connectivity index (χ1) is 4.70. The van der Waals surface area contributed by atoms with Crippen molar-refractivity contribution in [2.45, 2.75) is 6.42 Å². The summed E-state index contributed by atoms with van der Waals surface area (Å²) in [4.78, 5) is 21.8. The Hall–Kier alpha value is -1.32. The molecule has 0 aromatic heterocycles. The first kappa shape index (κ1) is 6.80. The van der Waals surface area contributed by atoms with Crippen LogP contribution in [0.5, 0.6) is 0 Å². The number of nitrogens with zero attached hydrogens (tertiary/aromatic N) is 1. The van der Waals surface area contributed by atoms with E-state index in [-0.39, 0.29) is 12.3 Å². The molecule has 1 N–H and O–H groups in total. The summed E-state index contributed by atoms with van der Waals surface area (Å²) in [5.41, 5.74) is 0. The number of ketones is 1. The van der Waals surface area contributed by atoms with Gasteiger partial charge in [0.2, 0.25) is 0 Å². The fourth-order valence-corrected chi connectivity index (χ4v) is 0.721. The van der Waals surface area contributed by atoms with E-state index in [9.17, 15) is 9.59 Å². The van der Waals surface area contributed by atoms with Gasteiger partial charge in [-0.05, 0) is 6.08 Å². The van der Waals surface area contributed by atoms with Crippen molar-refractivity contribution < 1.29 is 14.7 Å². The Morgan fingerprint density at radius 2 is 2.40 bits per heavy atom. The van der Waals surface area contributed by atoms with E-state index in [1.807, 2.05) is 0 Å². The number of carbonyl (C=O) groups is 2. The molecule has 10 heavy (non-hydrogen) atoms. The van der Waals surface area contributed by atoms with Gasteiger partial charge in [0.05, 0.1) is 0 Å². The minimum Gasteiger partial charge on any atom is -0.465 e. The highest BCUT2D eigenvalue weighted by Gasteiger charge is 2.13. The topological polar surface area (TPSA) is 57.6 Å². The molecular formula is C6H7NO3. The zero-order valence-electron chi connectivity index (χ0n) is 5.28. The summed E-state index contributed by atoms with van der Waals surface area (Å²) < 4.78 is 0. The quantitative estimate of drug-likeness (QED) is 0.533. The van der Waals surface area contributed by atoms with E-state index in [0.29, 0.717) is 6.42 Å². The van der Waals surface area contributed by atoms with Gasteiger partial charge in [0.1, 0.15) is 0 Å². The van der Waals surface area contributed by atoms with Crippen molar-refractivity contribution in [2.24, 2.45) is 0 Å². The molecule has 0 unspecified atom stereocenters. The average molecular weight is 141 g/mol. The average Bonchev–Trinajstić information content (AvgIpc) is 1.88. The molecule has 54 valence electrons. The maximum absolute atomic E-state index is 10.5. The number of allylic oxidation sites excluding steroid dienone is 1. The molecule has 4 nitrogen and oxygen atoms in total. The molecule has 0 spiro atoms. The van der Waals surface area contributed by atoms with Gasteiger partial charge in [0.25, 0.3) is 0 Å². The normalized spacial score (nSPS) is 17.6. The van der Waals surface area contributed by atoms with Gasteiger partial charge in [0, 0.05) is 19.2 Å². The lowest BCUT2D eigenvalue weighted by molar-refractivity contribution is -0.115. The Balaban J connectivity index is 2.61. The number of hydrogen-bond acceptors (Lipinski definition) is 2. The molecule has 1 aliphatic heterocycles. The lowest BCUT2D eigenvalue weighted by atomic mass is 10.2. The summed E-state index contributed by atoms with van der Waals surface area (Å²) in [5, 5.41) is 8.39. The van der Waals surface area contributed by atoms with Crippen molar-refractivity contribution in [3.8, 4) is 0 Å². The molecule has 0 aromatic carbocycles. The Morgan fingerprint density at radius 3 is 2.80 bits per heavy atom.